The van der Waals surface area contributed by atoms with E-state index in [0.29, 0.717) is 5.41 Å². The van der Waals surface area contributed by atoms with Crippen LogP contribution >= 0.6 is 11.3 Å². The van der Waals surface area contributed by atoms with Crippen molar-refractivity contribution in [2.45, 2.75) is 62.7 Å². The van der Waals surface area contributed by atoms with Crippen LogP contribution in [0.15, 0.2) is 0 Å². The van der Waals surface area contributed by atoms with E-state index in [0.717, 1.165) is 36.3 Å². The number of aliphatic carboxylic acids is 1. The first-order chi connectivity index (χ1) is 10.1. The summed E-state index contributed by atoms with van der Waals surface area (Å²) < 4.78 is 0. The van der Waals surface area contributed by atoms with E-state index in [2.05, 4.69) is 0 Å². The lowest BCUT2D eigenvalue weighted by Crippen LogP contribution is -2.48. The second kappa shape index (κ2) is 4.09. The zero-order valence-corrected chi connectivity index (χ0v) is 13.0. The highest BCUT2D eigenvalue weighted by atomic mass is 32.1. The maximum Gasteiger partial charge on any atom is 0.312 e. The minimum Gasteiger partial charge on any atom is -0.481 e. The summed E-state index contributed by atoms with van der Waals surface area (Å²) in [4.78, 5) is 17.6. The van der Waals surface area contributed by atoms with Crippen LogP contribution in [0, 0.1) is 17.8 Å². The monoisotopic (exact) mass is 303 g/mol. The molecule has 5 aliphatic carbocycles. The molecule has 1 atom stereocenters. The Labute approximate surface area is 128 Å². The first-order valence-electron chi connectivity index (χ1n) is 8.36. The highest BCUT2D eigenvalue weighted by molar-refractivity contribution is 7.12. The Kier molecular flexibility index (Phi) is 2.46. The second-order valence-electron chi connectivity index (χ2n) is 7.95. The molecule has 4 saturated carbocycles. The highest BCUT2D eigenvalue weighted by Crippen LogP contribution is 2.61. The van der Waals surface area contributed by atoms with Crippen LogP contribution in [0.5, 0.6) is 0 Å². The van der Waals surface area contributed by atoms with Crippen LogP contribution in [0.4, 0.5) is 0 Å². The van der Waals surface area contributed by atoms with Crippen molar-refractivity contribution < 1.29 is 9.90 Å². The molecule has 0 saturated heterocycles. The van der Waals surface area contributed by atoms with E-state index in [1.807, 2.05) is 11.3 Å². The quantitative estimate of drug-likeness (QED) is 0.905. The van der Waals surface area contributed by atoms with Gasteiger partial charge in [0, 0.05) is 10.3 Å². The van der Waals surface area contributed by atoms with Gasteiger partial charge in [-0.05, 0) is 69.1 Å². The summed E-state index contributed by atoms with van der Waals surface area (Å²) >= 11 is 1.86. The van der Waals surface area contributed by atoms with Gasteiger partial charge in [-0.25, -0.2) is 4.98 Å². The van der Waals surface area contributed by atoms with E-state index >= 15 is 0 Å². The number of hydrogen-bond acceptors (Lipinski definition) is 3. The normalized spacial score (nSPS) is 43.2. The summed E-state index contributed by atoms with van der Waals surface area (Å²) in [5.74, 6) is 1.75. The summed E-state index contributed by atoms with van der Waals surface area (Å²) in [6.07, 6.45) is 9.99. The Morgan fingerprint density at radius 3 is 2.33 bits per heavy atom. The highest BCUT2D eigenvalue weighted by Gasteiger charge is 2.53. The van der Waals surface area contributed by atoms with Crippen molar-refractivity contribution >= 4 is 17.3 Å². The number of nitrogens with zero attached hydrogens (tertiary/aromatic N) is 1. The second-order valence-corrected chi connectivity index (χ2v) is 9.04. The lowest BCUT2D eigenvalue weighted by Gasteiger charge is -2.56. The van der Waals surface area contributed by atoms with Crippen LogP contribution < -0.4 is 0 Å². The molecule has 0 spiro atoms. The molecule has 4 bridgehead atoms. The zero-order chi connectivity index (χ0) is 14.2. The number of hydrogen-bond donors (Lipinski definition) is 1. The molecule has 1 heterocycles. The summed E-state index contributed by atoms with van der Waals surface area (Å²) in [5.41, 5.74) is 1.24. The maximum absolute atomic E-state index is 11.4. The molecule has 4 heteroatoms. The molecular formula is C17H21NO2S. The Morgan fingerprint density at radius 1 is 1.14 bits per heavy atom. The van der Waals surface area contributed by atoms with E-state index in [1.165, 1.54) is 48.4 Å². The number of carboxylic acid groups (broad SMARTS) is 1. The summed E-state index contributed by atoms with van der Waals surface area (Å²) in [5, 5.41) is 10.7. The van der Waals surface area contributed by atoms with Gasteiger partial charge in [-0.1, -0.05) is 0 Å². The summed E-state index contributed by atoms with van der Waals surface area (Å²) in [6.45, 7) is 0. The van der Waals surface area contributed by atoms with Crippen molar-refractivity contribution in [3.8, 4) is 0 Å². The van der Waals surface area contributed by atoms with Gasteiger partial charge in [0.2, 0.25) is 0 Å². The Balaban J connectivity index is 1.54. The molecule has 1 aromatic rings. The van der Waals surface area contributed by atoms with E-state index in [-0.39, 0.29) is 5.92 Å². The number of aromatic nitrogens is 1. The fourth-order valence-corrected chi connectivity index (χ4v) is 7.42. The molecule has 5 aliphatic rings. The topological polar surface area (TPSA) is 50.2 Å². The third kappa shape index (κ3) is 1.71. The smallest absolute Gasteiger partial charge is 0.312 e. The first kappa shape index (κ1) is 12.6. The van der Waals surface area contributed by atoms with Crippen LogP contribution in [0.2, 0.25) is 0 Å². The molecule has 6 rings (SSSR count). The van der Waals surface area contributed by atoms with Gasteiger partial charge < -0.3 is 5.11 Å². The van der Waals surface area contributed by atoms with Crippen LogP contribution in [-0.2, 0) is 16.6 Å². The Hall–Kier alpha value is -0.900. The maximum atomic E-state index is 11.4. The van der Waals surface area contributed by atoms with Crippen LogP contribution in [0.25, 0.3) is 0 Å². The largest absolute Gasteiger partial charge is 0.481 e. The van der Waals surface area contributed by atoms with Gasteiger partial charge in [0.25, 0.3) is 0 Å². The molecule has 112 valence electrons. The minimum atomic E-state index is -0.684. The van der Waals surface area contributed by atoms with Gasteiger partial charge in [-0.15, -0.1) is 11.3 Å². The van der Waals surface area contributed by atoms with Crippen LogP contribution in [0.1, 0.15) is 66.4 Å². The first-order valence-corrected chi connectivity index (χ1v) is 9.17. The van der Waals surface area contributed by atoms with Gasteiger partial charge in [-0.2, -0.15) is 0 Å². The van der Waals surface area contributed by atoms with Crippen molar-refractivity contribution in [2.24, 2.45) is 17.8 Å². The van der Waals surface area contributed by atoms with Gasteiger partial charge in [0.15, 0.2) is 0 Å². The predicted octanol–water partition coefficient (Wildman–Crippen LogP) is 3.73. The molecule has 0 amide bonds. The molecule has 21 heavy (non-hydrogen) atoms. The molecule has 1 aromatic heterocycles. The molecule has 3 nitrogen and oxygen atoms in total. The summed E-state index contributed by atoms with van der Waals surface area (Å²) in [7, 11) is 0. The fourth-order valence-electron chi connectivity index (χ4n) is 6.07. The van der Waals surface area contributed by atoms with Gasteiger partial charge in [0.05, 0.1) is 10.7 Å². The van der Waals surface area contributed by atoms with Crippen molar-refractivity contribution in [3.63, 3.8) is 0 Å². The average molecular weight is 303 g/mol. The van der Waals surface area contributed by atoms with E-state index in [4.69, 9.17) is 4.98 Å². The van der Waals surface area contributed by atoms with Crippen LogP contribution in [-0.4, -0.2) is 16.1 Å². The van der Waals surface area contributed by atoms with Crippen molar-refractivity contribution in [2.75, 3.05) is 0 Å². The third-order valence-corrected chi connectivity index (χ3v) is 7.89. The van der Waals surface area contributed by atoms with E-state index in [9.17, 15) is 9.90 Å². The van der Waals surface area contributed by atoms with Gasteiger partial charge >= 0.3 is 5.97 Å². The predicted molar refractivity (Wildman–Crippen MR) is 80.7 cm³/mol. The van der Waals surface area contributed by atoms with Crippen molar-refractivity contribution in [3.05, 3.63) is 15.6 Å². The summed E-state index contributed by atoms with van der Waals surface area (Å²) in [6, 6.07) is 0. The Bertz CT molecular complexity index is 585. The van der Waals surface area contributed by atoms with Crippen LogP contribution in [0.3, 0.4) is 0 Å². The molecule has 0 aromatic carbocycles. The number of aryl methyl sites for hydroxylation is 1. The van der Waals surface area contributed by atoms with Gasteiger partial charge in [0.1, 0.15) is 5.92 Å². The molecule has 1 unspecified atom stereocenters. The number of carboxylic acids is 1. The van der Waals surface area contributed by atoms with E-state index in [1.54, 1.807) is 0 Å². The molecule has 0 radical (unpaired) electrons. The van der Waals surface area contributed by atoms with Crippen molar-refractivity contribution in [1.29, 1.82) is 0 Å². The molecule has 1 N–H and O–H groups in total. The minimum absolute atomic E-state index is 0.326. The standard InChI is InChI=1S/C17H21NO2S/c19-15(20)12-1-2-13-14(12)18-16(21-13)17-6-9-3-10(7-17)5-11(4-9)8-17/h9-12H,1-8H2,(H,19,20). The number of thiazole rings is 1. The third-order valence-electron chi connectivity index (χ3n) is 6.51. The molecule has 4 fully saturated rings. The lowest BCUT2D eigenvalue weighted by molar-refractivity contribution is -0.138. The SMILES string of the molecule is O=C(O)C1CCc2sc(C34CC5CC(CC(C5)C3)C4)nc21. The average Bonchev–Trinajstić information content (AvgIpc) is 2.95. The number of carbonyl (C=O) groups is 1. The van der Waals surface area contributed by atoms with E-state index < -0.39 is 5.97 Å². The zero-order valence-electron chi connectivity index (χ0n) is 12.2. The molecule has 0 aliphatic heterocycles. The lowest BCUT2D eigenvalue weighted by atomic mass is 9.50. The fraction of sp³-hybridized carbons (Fsp3) is 0.765. The van der Waals surface area contributed by atoms with Gasteiger partial charge in [-0.3, -0.25) is 4.79 Å². The molecular weight excluding hydrogens is 282 g/mol. The Morgan fingerprint density at radius 2 is 1.76 bits per heavy atom. The van der Waals surface area contributed by atoms with Crippen molar-refractivity contribution in [1.82, 2.24) is 4.98 Å². The number of rotatable bonds is 2. The number of fused-ring (bicyclic) bond motifs is 1.